The summed E-state index contributed by atoms with van der Waals surface area (Å²) in [5.74, 6) is 0. The lowest BCUT2D eigenvalue weighted by Crippen LogP contribution is -1.88. The number of hydrogen-bond acceptors (Lipinski definition) is 1. The quantitative estimate of drug-likeness (QED) is 0.125. The highest BCUT2D eigenvalue weighted by molar-refractivity contribution is 5.39. The van der Waals surface area contributed by atoms with Gasteiger partial charge in [0.25, 0.3) is 0 Å². The maximum absolute atomic E-state index is 5.74. The SMILES string of the molecule is CCCCCCCCCCCCCCCCCCCCCCCCCc1ccc(N)cc1. The average molecular weight is 444 g/mol. The molecule has 1 nitrogen and oxygen atoms in total. The van der Waals surface area contributed by atoms with Crippen LogP contribution in [0.1, 0.15) is 160 Å². The second-order valence-corrected chi connectivity index (χ2v) is 10.3. The number of nitrogens with two attached hydrogens (primary N) is 1. The van der Waals surface area contributed by atoms with E-state index in [1.54, 1.807) is 0 Å². The van der Waals surface area contributed by atoms with Gasteiger partial charge in [-0.3, -0.25) is 0 Å². The van der Waals surface area contributed by atoms with Crippen LogP contribution in [0, 0.1) is 0 Å². The predicted octanol–water partition coefficient (Wildman–Crippen LogP) is 10.8. The summed E-state index contributed by atoms with van der Waals surface area (Å²) in [7, 11) is 0. The van der Waals surface area contributed by atoms with Crippen LogP contribution in [0.25, 0.3) is 0 Å². The van der Waals surface area contributed by atoms with E-state index >= 15 is 0 Å². The molecular weight excluding hydrogens is 386 g/mol. The molecule has 0 radical (unpaired) electrons. The second kappa shape index (κ2) is 23.2. The van der Waals surface area contributed by atoms with Crippen molar-refractivity contribution in [3.05, 3.63) is 29.8 Å². The first-order valence-electron chi connectivity index (χ1n) is 14.7. The first kappa shape index (κ1) is 29.1. The average Bonchev–Trinajstić information content (AvgIpc) is 2.81. The first-order chi connectivity index (χ1) is 15.8. The maximum Gasteiger partial charge on any atom is 0.0314 e. The van der Waals surface area contributed by atoms with Crippen LogP contribution in [-0.4, -0.2) is 0 Å². The molecule has 1 rings (SSSR count). The number of rotatable bonds is 24. The first-order valence-corrected chi connectivity index (χ1v) is 14.7. The van der Waals surface area contributed by atoms with Crippen molar-refractivity contribution in [1.82, 2.24) is 0 Å². The fourth-order valence-electron chi connectivity index (χ4n) is 4.80. The molecule has 0 bridgehead atoms. The van der Waals surface area contributed by atoms with E-state index < -0.39 is 0 Å². The molecule has 0 aliphatic heterocycles. The molecule has 0 fully saturated rings. The zero-order valence-electron chi connectivity index (χ0n) is 21.9. The molecule has 0 aliphatic carbocycles. The lowest BCUT2D eigenvalue weighted by molar-refractivity contribution is 0.518. The van der Waals surface area contributed by atoms with Crippen molar-refractivity contribution < 1.29 is 0 Å². The van der Waals surface area contributed by atoms with Crippen LogP contribution in [-0.2, 0) is 6.42 Å². The molecule has 0 saturated heterocycles. The van der Waals surface area contributed by atoms with Crippen molar-refractivity contribution in [2.75, 3.05) is 5.73 Å². The van der Waals surface area contributed by atoms with Crippen molar-refractivity contribution in [1.29, 1.82) is 0 Å². The monoisotopic (exact) mass is 443 g/mol. The summed E-state index contributed by atoms with van der Waals surface area (Å²) in [5.41, 5.74) is 8.05. The number of anilines is 1. The molecule has 0 saturated carbocycles. The second-order valence-electron chi connectivity index (χ2n) is 10.3. The number of unbranched alkanes of at least 4 members (excludes halogenated alkanes) is 22. The van der Waals surface area contributed by atoms with E-state index in [0.717, 1.165) is 5.69 Å². The Morgan fingerprint density at radius 2 is 0.688 bits per heavy atom. The molecular formula is C31H57N. The van der Waals surface area contributed by atoms with Crippen molar-refractivity contribution in [3.63, 3.8) is 0 Å². The van der Waals surface area contributed by atoms with Crippen LogP contribution in [0.15, 0.2) is 24.3 Å². The summed E-state index contributed by atoms with van der Waals surface area (Å²) in [6, 6.07) is 8.39. The van der Waals surface area contributed by atoms with Gasteiger partial charge in [0.1, 0.15) is 0 Å². The smallest absolute Gasteiger partial charge is 0.0314 e. The van der Waals surface area contributed by atoms with Crippen LogP contribution in [0.4, 0.5) is 5.69 Å². The molecule has 1 aromatic carbocycles. The highest BCUT2D eigenvalue weighted by Crippen LogP contribution is 2.16. The fraction of sp³-hybridized carbons (Fsp3) is 0.806. The lowest BCUT2D eigenvalue weighted by atomic mass is 10.0. The highest BCUT2D eigenvalue weighted by atomic mass is 14.5. The third-order valence-corrected chi connectivity index (χ3v) is 7.05. The molecule has 0 unspecified atom stereocenters. The van der Waals surface area contributed by atoms with Gasteiger partial charge in [0.2, 0.25) is 0 Å². The molecule has 186 valence electrons. The van der Waals surface area contributed by atoms with Gasteiger partial charge in [-0.2, -0.15) is 0 Å². The van der Waals surface area contributed by atoms with Gasteiger partial charge in [0.15, 0.2) is 0 Å². The highest BCUT2D eigenvalue weighted by Gasteiger charge is 1.97. The molecule has 0 aliphatic rings. The third-order valence-electron chi connectivity index (χ3n) is 7.05. The molecule has 2 N–H and O–H groups in total. The Hall–Kier alpha value is -0.980. The third kappa shape index (κ3) is 19.7. The van der Waals surface area contributed by atoms with Gasteiger partial charge < -0.3 is 5.73 Å². The zero-order valence-corrected chi connectivity index (χ0v) is 21.9. The number of nitrogen functional groups attached to an aromatic ring is 1. The van der Waals surface area contributed by atoms with Crippen molar-refractivity contribution in [2.24, 2.45) is 0 Å². The molecule has 0 aromatic heterocycles. The molecule has 0 atom stereocenters. The Morgan fingerprint density at radius 1 is 0.406 bits per heavy atom. The summed E-state index contributed by atoms with van der Waals surface area (Å²) in [6.45, 7) is 2.30. The lowest BCUT2D eigenvalue weighted by Gasteiger charge is -2.04. The zero-order chi connectivity index (χ0) is 23.0. The van der Waals surface area contributed by atoms with Crippen molar-refractivity contribution >= 4 is 5.69 Å². The summed E-state index contributed by atoms with van der Waals surface area (Å²) in [5, 5.41) is 0. The van der Waals surface area contributed by atoms with Gasteiger partial charge in [-0.05, 0) is 30.5 Å². The Balaban J connectivity index is 1.67. The maximum atomic E-state index is 5.74. The van der Waals surface area contributed by atoms with Crippen molar-refractivity contribution in [2.45, 2.75) is 161 Å². The summed E-state index contributed by atoms with van der Waals surface area (Å²) >= 11 is 0. The molecule has 0 amide bonds. The molecule has 0 spiro atoms. The predicted molar refractivity (Wildman–Crippen MR) is 146 cm³/mol. The minimum atomic E-state index is 0.873. The standard InChI is InChI=1S/C31H57N/c1-2-3-4-5-6-7-8-9-10-11-12-13-14-15-16-17-18-19-20-21-22-23-24-25-30-26-28-31(32)29-27-30/h26-29H,2-25,32H2,1H3. The minimum Gasteiger partial charge on any atom is -0.399 e. The number of aryl methyl sites for hydroxylation is 1. The van der Waals surface area contributed by atoms with Crippen LogP contribution < -0.4 is 5.73 Å². The van der Waals surface area contributed by atoms with E-state index in [4.69, 9.17) is 5.73 Å². The van der Waals surface area contributed by atoms with E-state index in [2.05, 4.69) is 19.1 Å². The Labute approximate surface area is 202 Å². The van der Waals surface area contributed by atoms with Gasteiger partial charge >= 0.3 is 0 Å². The Bertz CT molecular complexity index is 478. The van der Waals surface area contributed by atoms with Gasteiger partial charge in [-0.1, -0.05) is 160 Å². The van der Waals surface area contributed by atoms with Gasteiger partial charge in [-0.25, -0.2) is 0 Å². The van der Waals surface area contributed by atoms with Crippen LogP contribution in [0.5, 0.6) is 0 Å². The number of hydrogen-bond donors (Lipinski definition) is 1. The Kier molecular flexibility index (Phi) is 21.1. The molecule has 1 heteroatoms. The van der Waals surface area contributed by atoms with Crippen LogP contribution in [0.2, 0.25) is 0 Å². The van der Waals surface area contributed by atoms with Gasteiger partial charge in [0, 0.05) is 5.69 Å². The molecule has 1 aromatic rings. The van der Waals surface area contributed by atoms with Crippen LogP contribution >= 0.6 is 0 Å². The largest absolute Gasteiger partial charge is 0.399 e. The van der Waals surface area contributed by atoms with E-state index in [1.165, 1.54) is 160 Å². The van der Waals surface area contributed by atoms with Gasteiger partial charge in [0.05, 0.1) is 0 Å². The normalized spacial score (nSPS) is 11.3. The summed E-state index contributed by atoms with van der Waals surface area (Å²) < 4.78 is 0. The summed E-state index contributed by atoms with van der Waals surface area (Å²) in [6.07, 6.45) is 34.6. The fourth-order valence-corrected chi connectivity index (χ4v) is 4.80. The van der Waals surface area contributed by atoms with E-state index in [0.29, 0.717) is 0 Å². The van der Waals surface area contributed by atoms with E-state index in [9.17, 15) is 0 Å². The summed E-state index contributed by atoms with van der Waals surface area (Å²) in [4.78, 5) is 0. The molecule has 0 heterocycles. The van der Waals surface area contributed by atoms with E-state index in [-0.39, 0.29) is 0 Å². The van der Waals surface area contributed by atoms with E-state index in [1.807, 2.05) is 12.1 Å². The molecule has 32 heavy (non-hydrogen) atoms. The minimum absolute atomic E-state index is 0.873. The van der Waals surface area contributed by atoms with Crippen LogP contribution in [0.3, 0.4) is 0 Å². The Morgan fingerprint density at radius 3 is 1.00 bits per heavy atom. The number of benzene rings is 1. The topological polar surface area (TPSA) is 26.0 Å². The van der Waals surface area contributed by atoms with Crippen molar-refractivity contribution in [3.8, 4) is 0 Å². The van der Waals surface area contributed by atoms with Gasteiger partial charge in [-0.15, -0.1) is 0 Å².